The second kappa shape index (κ2) is 8.82. The van der Waals surface area contributed by atoms with Crippen LogP contribution in [0.2, 0.25) is 13.1 Å². The molecular formula is C26H36N2OSi. The van der Waals surface area contributed by atoms with Gasteiger partial charge in [0.25, 0.3) is 0 Å². The number of rotatable bonds is 7. The smallest absolute Gasteiger partial charge is 0.114 e. The predicted octanol–water partition coefficient (Wildman–Crippen LogP) is 4.19. The zero-order valence-corrected chi connectivity index (χ0v) is 20.4. The summed E-state index contributed by atoms with van der Waals surface area (Å²) in [4.78, 5) is 4.38. The van der Waals surface area contributed by atoms with Crippen molar-refractivity contribution in [1.82, 2.24) is 0 Å². The van der Waals surface area contributed by atoms with E-state index in [4.69, 9.17) is 5.11 Å². The van der Waals surface area contributed by atoms with E-state index in [0.29, 0.717) is 0 Å². The van der Waals surface area contributed by atoms with Crippen molar-refractivity contribution in [2.45, 2.75) is 32.4 Å². The average molecular weight is 421 g/mol. The normalized spacial score (nSPS) is 14.6. The Morgan fingerprint density at radius 3 is 2.23 bits per heavy atom. The van der Waals surface area contributed by atoms with Crippen LogP contribution in [0.15, 0.2) is 43.0 Å². The van der Waals surface area contributed by atoms with E-state index in [0.717, 1.165) is 24.8 Å². The number of fused-ring (bicyclic) bond motifs is 2. The van der Waals surface area contributed by atoms with Crippen LogP contribution < -0.4 is 20.2 Å². The Morgan fingerprint density at radius 1 is 0.933 bits per heavy atom. The van der Waals surface area contributed by atoms with Crippen LogP contribution in [0, 0.1) is 0 Å². The molecular weight excluding hydrogens is 384 g/mol. The number of hydrogen-bond acceptors (Lipinski definition) is 3. The summed E-state index contributed by atoms with van der Waals surface area (Å²) in [6.45, 7) is 9.75. The van der Waals surface area contributed by atoms with E-state index in [2.05, 4.69) is 100 Å². The summed E-state index contributed by atoms with van der Waals surface area (Å²) in [5.41, 5.74) is 7.51. The van der Waals surface area contributed by atoms with Crippen LogP contribution in [0.1, 0.15) is 36.0 Å². The molecule has 3 nitrogen and oxygen atoms in total. The molecule has 0 saturated carbocycles. The van der Waals surface area contributed by atoms with Crippen LogP contribution in [0.3, 0.4) is 0 Å². The molecule has 0 spiro atoms. The molecule has 2 aromatic rings. The molecule has 4 heteroatoms. The Bertz CT molecular complexity index is 973. The largest absolute Gasteiger partial charge is 0.396 e. The van der Waals surface area contributed by atoms with Crippen LogP contribution in [-0.2, 0) is 0 Å². The third kappa shape index (κ3) is 4.12. The van der Waals surface area contributed by atoms with Crippen LogP contribution in [-0.4, -0.2) is 48.0 Å². The molecule has 0 aliphatic carbocycles. The number of unbranched alkanes of at least 4 members (excludes halogenated alkanes) is 2. The lowest BCUT2D eigenvalue weighted by Crippen LogP contribution is -2.58. The first-order valence-electron chi connectivity index (χ1n) is 10.8. The molecule has 1 heterocycles. The standard InChI is InChI=1S/C26H36N2OSi/c1-19-23-14-13-21(27(2)3)17-24(23)30(6,7)25-18-22(28(4)5)16-20(26(19)25)12-10-8-9-11-15-29/h10,12-14,16-18,29H,1,8-9,11,15H2,2-7H3/b12-10+. The molecule has 0 radical (unpaired) electrons. The summed E-state index contributed by atoms with van der Waals surface area (Å²) in [5.74, 6) is 0. The summed E-state index contributed by atoms with van der Waals surface area (Å²) in [6, 6.07) is 11.5. The molecule has 160 valence electrons. The third-order valence-electron chi connectivity index (χ3n) is 6.24. The molecule has 0 amide bonds. The molecule has 1 N–H and O–H groups in total. The molecule has 0 saturated heterocycles. The first-order chi connectivity index (χ1) is 14.2. The lowest BCUT2D eigenvalue weighted by atomic mass is 9.93. The van der Waals surface area contributed by atoms with Crippen molar-refractivity contribution in [2.75, 3.05) is 44.6 Å². The van der Waals surface area contributed by atoms with E-state index in [9.17, 15) is 0 Å². The van der Waals surface area contributed by atoms with Crippen molar-refractivity contribution in [2.24, 2.45) is 0 Å². The van der Waals surface area contributed by atoms with Crippen LogP contribution >= 0.6 is 0 Å². The Balaban J connectivity index is 2.17. The Kier molecular flexibility index (Phi) is 6.58. The van der Waals surface area contributed by atoms with Crippen molar-refractivity contribution < 1.29 is 5.11 Å². The number of benzene rings is 2. The highest BCUT2D eigenvalue weighted by Crippen LogP contribution is 2.34. The van der Waals surface area contributed by atoms with Gasteiger partial charge in [0.15, 0.2) is 0 Å². The predicted molar refractivity (Wildman–Crippen MR) is 136 cm³/mol. The molecule has 0 bridgehead atoms. The molecule has 2 aromatic carbocycles. The van der Waals surface area contributed by atoms with Crippen LogP contribution in [0.4, 0.5) is 11.4 Å². The SMILES string of the molecule is C=C1c2ccc(N(C)C)cc2[Si](C)(C)c2cc(N(C)C)cc(/C=C/CCCCO)c21. The highest BCUT2D eigenvalue weighted by atomic mass is 28.3. The minimum atomic E-state index is -1.90. The molecule has 0 fully saturated rings. The average Bonchev–Trinajstić information content (AvgIpc) is 2.71. The van der Waals surface area contributed by atoms with E-state index in [1.54, 1.807) is 0 Å². The summed E-state index contributed by atoms with van der Waals surface area (Å²) in [6.07, 6.45) is 7.36. The summed E-state index contributed by atoms with van der Waals surface area (Å²) < 4.78 is 0. The second-order valence-corrected chi connectivity index (χ2v) is 13.5. The van der Waals surface area contributed by atoms with Gasteiger partial charge in [-0.2, -0.15) is 0 Å². The monoisotopic (exact) mass is 420 g/mol. The number of hydrogen-bond donors (Lipinski definition) is 1. The first kappa shape index (κ1) is 22.4. The summed E-state index contributed by atoms with van der Waals surface area (Å²) in [7, 11) is 6.53. The Labute approximate surface area is 183 Å². The molecule has 3 rings (SSSR count). The van der Waals surface area contributed by atoms with E-state index in [1.165, 1.54) is 38.4 Å². The molecule has 0 atom stereocenters. The molecule has 1 aliphatic heterocycles. The summed E-state index contributed by atoms with van der Waals surface area (Å²) >= 11 is 0. The van der Waals surface area contributed by atoms with Gasteiger partial charge in [-0.05, 0) is 76.2 Å². The minimum absolute atomic E-state index is 0.266. The number of aliphatic hydroxyl groups is 1. The fraction of sp³-hybridized carbons (Fsp3) is 0.385. The van der Waals surface area contributed by atoms with Crippen molar-refractivity contribution in [3.63, 3.8) is 0 Å². The second-order valence-electron chi connectivity index (χ2n) is 9.20. The maximum absolute atomic E-state index is 9.04. The van der Waals surface area contributed by atoms with Gasteiger partial charge >= 0.3 is 0 Å². The Morgan fingerprint density at radius 2 is 1.60 bits per heavy atom. The van der Waals surface area contributed by atoms with Crippen molar-refractivity contribution in [3.05, 3.63) is 59.7 Å². The summed E-state index contributed by atoms with van der Waals surface area (Å²) in [5, 5.41) is 12.0. The lowest BCUT2D eigenvalue weighted by Gasteiger charge is -2.37. The number of allylic oxidation sites excluding steroid dienone is 1. The van der Waals surface area contributed by atoms with E-state index >= 15 is 0 Å². The zero-order chi connectivity index (χ0) is 22.1. The number of anilines is 2. The highest BCUT2D eigenvalue weighted by molar-refractivity contribution is 7.02. The van der Waals surface area contributed by atoms with Crippen molar-refractivity contribution >= 4 is 41.5 Å². The van der Waals surface area contributed by atoms with Crippen LogP contribution in [0.25, 0.3) is 11.6 Å². The van der Waals surface area contributed by atoms with Crippen molar-refractivity contribution in [1.29, 1.82) is 0 Å². The maximum Gasteiger partial charge on any atom is 0.114 e. The fourth-order valence-electron chi connectivity index (χ4n) is 4.32. The van der Waals surface area contributed by atoms with Gasteiger partial charge in [0.1, 0.15) is 8.07 Å². The van der Waals surface area contributed by atoms with Gasteiger partial charge in [-0.3, -0.25) is 0 Å². The lowest BCUT2D eigenvalue weighted by molar-refractivity contribution is 0.285. The fourth-order valence-corrected chi connectivity index (χ4v) is 7.46. The van der Waals surface area contributed by atoms with Gasteiger partial charge in [0.05, 0.1) is 0 Å². The Hall–Kier alpha value is -2.30. The topological polar surface area (TPSA) is 26.7 Å². The van der Waals surface area contributed by atoms with Gasteiger partial charge in [0.2, 0.25) is 0 Å². The highest BCUT2D eigenvalue weighted by Gasteiger charge is 2.37. The van der Waals surface area contributed by atoms with Gasteiger partial charge in [0, 0.05) is 46.2 Å². The van der Waals surface area contributed by atoms with Crippen LogP contribution in [0.5, 0.6) is 0 Å². The van der Waals surface area contributed by atoms with Gasteiger partial charge < -0.3 is 14.9 Å². The number of nitrogens with zero attached hydrogens (tertiary/aromatic N) is 2. The molecule has 1 aliphatic rings. The van der Waals surface area contributed by atoms with E-state index in [-0.39, 0.29) is 6.61 Å². The molecule has 30 heavy (non-hydrogen) atoms. The minimum Gasteiger partial charge on any atom is -0.396 e. The van der Waals surface area contributed by atoms with Gasteiger partial charge in [-0.15, -0.1) is 0 Å². The first-order valence-corrected chi connectivity index (χ1v) is 13.8. The van der Waals surface area contributed by atoms with E-state index < -0.39 is 8.07 Å². The molecule has 0 aromatic heterocycles. The van der Waals surface area contributed by atoms with E-state index in [1.807, 2.05) is 0 Å². The molecule has 0 unspecified atom stereocenters. The quantitative estimate of drug-likeness (QED) is 0.537. The van der Waals surface area contributed by atoms with Gasteiger partial charge in [-0.1, -0.05) is 37.9 Å². The maximum atomic E-state index is 9.04. The van der Waals surface area contributed by atoms with Crippen molar-refractivity contribution in [3.8, 4) is 0 Å². The zero-order valence-electron chi connectivity index (χ0n) is 19.4. The van der Waals surface area contributed by atoms with Gasteiger partial charge in [-0.25, -0.2) is 0 Å². The third-order valence-corrected chi connectivity index (χ3v) is 9.74. The number of aliphatic hydroxyl groups excluding tert-OH is 1.